The van der Waals surface area contributed by atoms with Crippen LogP contribution >= 0.6 is 0 Å². The van der Waals surface area contributed by atoms with E-state index in [1.54, 1.807) is 38.1 Å². The van der Waals surface area contributed by atoms with Crippen LogP contribution in [0.15, 0.2) is 24.3 Å². The van der Waals surface area contributed by atoms with Crippen LogP contribution in [0.25, 0.3) is 0 Å². The number of amides is 3. The van der Waals surface area contributed by atoms with E-state index in [4.69, 9.17) is 5.73 Å². The molecule has 6 heteroatoms. The number of nitrogens with zero attached hydrogens (tertiary/aromatic N) is 1. The summed E-state index contributed by atoms with van der Waals surface area (Å²) in [5.41, 5.74) is 7.22. The zero-order chi connectivity index (χ0) is 16.3. The molecule has 1 aromatic rings. The third-order valence-electron chi connectivity index (χ3n) is 3.92. The first kappa shape index (κ1) is 16.2. The lowest BCUT2D eigenvalue weighted by molar-refractivity contribution is -0.139. The first-order valence-corrected chi connectivity index (χ1v) is 7.37. The Labute approximate surface area is 129 Å². The summed E-state index contributed by atoms with van der Waals surface area (Å²) in [5.74, 6) is -0.673. The number of anilines is 1. The Morgan fingerprint density at radius 1 is 1.18 bits per heavy atom. The lowest BCUT2D eigenvalue weighted by Crippen LogP contribution is -2.34. The van der Waals surface area contributed by atoms with Crippen LogP contribution in [0.4, 0.5) is 5.69 Å². The summed E-state index contributed by atoms with van der Waals surface area (Å²) in [6, 6.07) is 6.89. The monoisotopic (exact) mass is 303 g/mol. The molecular formula is C16H21N3O3. The first-order chi connectivity index (χ1) is 10.4. The normalized spacial score (nSPS) is 17.5. The molecule has 2 unspecified atom stereocenters. The van der Waals surface area contributed by atoms with Crippen molar-refractivity contribution in [3.05, 3.63) is 29.8 Å². The van der Waals surface area contributed by atoms with Gasteiger partial charge < -0.3 is 11.1 Å². The molecule has 0 radical (unpaired) electrons. The molecule has 2 rings (SSSR count). The number of imide groups is 1. The molecule has 1 aromatic carbocycles. The molecule has 118 valence electrons. The van der Waals surface area contributed by atoms with Crippen molar-refractivity contribution in [1.82, 2.24) is 4.90 Å². The third-order valence-corrected chi connectivity index (χ3v) is 3.92. The second-order valence-corrected chi connectivity index (χ2v) is 5.71. The Balaban J connectivity index is 1.97. The number of rotatable bonds is 5. The number of nitrogens with one attached hydrogen (secondary N) is 1. The summed E-state index contributed by atoms with van der Waals surface area (Å²) < 4.78 is 0. The average molecular weight is 303 g/mol. The minimum Gasteiger partial charge on any atom is -0.327 e. The Bertz CT molecular complexity index is 565. The van der Waals surface area contributed by atoms with Gasteiger partial charge in [-0.05, 0) is 24.6 Å². The van der Waals surface area contributed by atoms with E-state index in [0.717, 1.165) is 5.56 Å². The zero-order valence-corrected chi connectivity index (χ0v) is 12.8. The molecule has 0 bridgehead atoms. The minimum atomic E-state index is -0.278. The van der Waals surface area contributed by atoms with Gasteiger partial charge in [0.05, 0.1) is 12.5 Å². The van der Waals surface area contributed by atoms with Gasteiger partial charge >= 0.3 is 0 Å². The summed E-state index contributed by atoms with van der Waals surface area (Å²) in [6.07, 6.45) is 0.588. The predicted octanol–water partition coefficient (Wildman–Crippen LogP) is 1.26. The van der Waals surface area contributed by atoms with Crippen molar-refractivity contribution < 1.29 is 14.4 Å². The van der Waals surface area contributed by atoms with Crippen LogP contribution in [0.3, 0.4) is 0 Å². The second-order valence-electron chi connectivity index (χ2n) is 5.71. The minimum absolute atomic E-state index is 0.131. The molecule has 3 N–H and O–H groups in total. The SMILES string of the molecule is CC(N)C(C)C(=O)Nc1ccc(CN2C(=O)CCC2=O)cc1. The van der Waals surface area contributed by atoms with Crippen LogP contribution in [0, 0.1) is 5.92 Å². The summed E-state index contributed by atoms with van der Waals surface area (Å²) in [4.78, 5) is 36.3. The number of nitrogens with two attached hydrogens (primary N) is 1. The van der Waals surface area contributed by atoms with Crippen molar-refractivity contribution in [1.29, 1.82) is 0 Å². The highest BCUT2D eigenvalue weighted by molar-refractivity contribution is 6.01. The van der Waals surface area contributed by atoms with Crippen molar-refractivity contribution in [2.75, 3.05) is 5.32 Å². The first-order valence-electron chi connectivity index (χ1n) is 7.37. The van der Waals surface area contributed by atoms with Crippen molar-refractivity contribution in [2.24, 2.45) is 11.7 Å². The van der Waals surface area contributed by atoms with E-state index >= 15 is 0 Å². The Morgan fingerprint density at radius 2 is 1.73 bits per heavy atom. The van der Waals surface area contributed by atoms with E-state index in [-0.39, 0.29) is 36.2 Å². The Kier molecular flexibility index (Phi) is 4.92. The van der Waals surface area contributed by atoms with E-state index < -0.39 is 0 Å². The number of hydrogen-bond donors (Lipinski definition) is 2. The highest BCUT2D eigenvalue weighted by Gasteiger charge is 2.28. The predicted molar refractivity (Wildman–Crippen MR) is 82.7 cm³/mol. The van der Waals surface area contributed by atoms with Crippen LogP contribution < -0.4 is 11.1 Å². The van der Waals surface area contributed by atoms with Gasteiger partial charge in [-0.25, -0.2) is 0 Å². The lowest BCUT2D eigenvalue weighted by Gasteiger charge is -2.16. The number of hydrogen-bond acceptors (Lipinski definition) is 4. The molecule has 1 fully saturated rings. The van der Waals surface area contributed by atoms with Crippen molar-refractivity contribution in [3.8, 4) is 0 Å². The van der Waals surface area contributed by atoms with Gasteiger partial charge in [-0.1, -0.05) is 19.1 Å². The Morgan fingerprint density at radius 3 is 2.23 bits per heavy atom. The van der Waals surface area contributed by atoms with E-state index in [9.17, 15) is 14.4 Å². The van der Waals surface area contributed by atoms with Gasteiger partial charge in [-0.15, -0.1) is 0 Å². The quantitative estimate of drug-likeness (QED) is 0.801. The molecule has 1 saturated heterocycles. The summed E-state index contributed by atoms with van der Waals surface area (Å²) in [7, 11) is 0. The smallest absolute Gasteiger partial charge is 0.229 e. The molecule has 1 heterocycles. The Hall–Kier alpha value is -2.21. The van der Waals surface area contributed by atoms with Crippen LogP contribution in [0.5, 0.6) is 0 Å². The van der Waals surface area contributed by atoms with E-state index in [2.05, 4.69) is 5.32 Å². The molecule has 0 aromatic heterocycles. The van der Waals surface area contributed by atoms with Crippen LogP contribution in [-0.2, 0) is 20.9 Å². The van der Waals surface area contributed by atoms with Gasteiger partial charge in [0.1, 0.15) is 0 Å². The molecule has 1 aliphatic heterocycles. The van der Waals surface area contributed by atoms with Gasteiger partial charge in [0.25, 0.3) is 0 Å². The molecule has 1 aliphatic rings. The average Bonchev–Trinajstić information content (AvgIpc) is 2.80. The van der Waals surface area contributed by atoms with Crippen molar-refractivity contribution >= 4 is 23.4 Å². The van der Waals surface area contributed by atoms with E-state index in [1.807, 2.05) is 0 Å². The molecule has 0 saturated carbocycles. The number of carbonyl (C=O) groups is 3. The fourth-order valence-corrected chi connectivity index (χ4v) is 2.17. The fraction of sp³-hybridized carbons (Fsp3) is 0.438. The topological polar surface area (TPSA) is 92.5 Å². The number of carbonyl (C=O) groups excluding carboxylic acids is 3. The molecule has 0 aliphatic carbocycles. The van der Waals surface area contributed by atoms with Gasteiger partial charge in [0.2, 0.25) is 17.7 Å². The van der Waals surface area contributed by atoms with E-state index in [1.165, 1.54) is 4.90 Å². The standard InChI is InChI=1S/C16H21N3O3/c1-10(11(2)17)16(22)18-13-5-3-12(4-6-13)9-19-14(20)7-8-15(19)21/h3-6,10-11H,7-9,17H2,1-2H3,(H,18,22). The summed E-state index contributed by atoms with van der Waals surface area (Å²) in [5, 5.41) is 2.80. The highest BCUT2D eigenvalue weighted by Crippen LogP contribution is 2.18. The summed E-state index contributed by atoms with van der Waals surface area (Å²) >= 11 is 0. The highest BCUT2D eigenvalue weighted by atomic mass is 16.2. The largest absolute Gasteiger partial charge is 0.327 e. The maximum Gasteiger partial charge on any atom is 0.229 e. The molecule has 2 atom stereocenters. The van der Waals surface area contributed by atoms with Gasteiger partial charge in [0, 0.05) is 24.6 Å². The van der Waals surface area contributed by atoms with Crippen molar-refractivity contribution in [3.63, 3.8) is 0 Å². The molecular weight excluding hydrogens is 282 g/mol. The van der Waals surface area contributed by atoms with Gasteiger partial charge in [0.15, 0.2) is 0 Å². The maximum atomic E-state index is 11.9. The van der Waals surface area contributed by atoms with Crippen molar-refractivity contribution in [2.45, 2.75) is 39.3 Å². The second kappa shape index (κ2) is 6.70. The van der Waals surface area contributed by atoms with Gasteiger partial charge in [-0.3, -0.25) is 19.3 Å². The third kappa shape index (κ3) is 3.71. The number of likely N-dealkylation sites (tertiary alicyclic amines) is 1. The van der Waals surface area contributed by atoms with Gasteiger partial charge in [-0.2, -0.15) is 0 Å². The maximum absolute atomic E-state index is 11.9. The molecule has 3 amide bonds. The number of benzene rings is 1. The lowest BCUT2D eigenvalue weighted by atomic mass is 10.0. The van der Waals surface area contributed by atoms with Crippen LogP contribution in [-0.4, -0.2) is 28.7 Å². The molecule has 6 nitrogen and oxygen atoms in total. The van der Waals surface area contributed by atoms with Crippen LogP contribution in [0.1, 0.15) is 32.3 Å². The molecule has 22 heavy (non-hydrogen) atoms. The fourth-order valence-electron chi connectivity index (χ4n) is 2.17. The van der Waals surface area contributed by atoms with Crippen LogP contribution in [0.2, 0.25) is 0 Å². The molecule has 0 spiro atoms. The zero-order valence-electron chi connectivity index (χ0n) is 12.8. The summed E-state index contributed by atoms with van der Waals surface area (Å²) in [6.45, 7) is 3.85. The van der Waals surface area contributed by atoms with E-state index in [0.29, 0.717) is 18.5 Å².